The van der Waals surface area contributed by atoms with Crippen molar-refractivity contribution < 1.29 is 22.7 Å². The molecule has 0 atom stereocenters. The van der Waals surface area contributed by atoms with E-state index in [1.54, 1.807) is 18.2 Å². The van der Waals surface area contributed by atoms with Gasteiger partial charge >= 0.3 is 6.18 Å². The van der Waals surface area contributed by atoms with Gasteiger partial charge in [-0.05, 0) is 49.4 Å². The van der Waals surface area contributed by atoms with E-state index in [0.717, 1.165) is 22.3 Å². The van der Waals surface area contributed by atoms with Crippen molar-refractivity contribution in [2.24, 2.45) is 0 Å². The molecule has 1 amide bonds. The Bertz CT molecular complexity index is 1360. The molecule has 0 fully saturated rings. The smallest absolute Gasteiger partial charge is 0.418 e. The highest BCUT2D eigenvalue weighted by Gasteiger charge is 2.33. The Morgan fingerprint density at radius 3 is 2.52 bits per heavy atom. The van der Waals surface area contributed by atoms with Crippen LogP contribution in [0.15, 0.2) is 71.8 Å². The molecule has 1 N–H and O–H groups in total. The van der Waals surface area contributed by atoms with E-state index in [0.29, 0.717) is 18.1 Å². The Hall–Kier alpha value is -4.08. The summed E-state index contributed by atoms with van der Waals surface area (Å²) in [7, 11) is 0. The third-order valence-electron chi connectivity index (χ3n) is 4.89. The molecule has 10 heteroatoms. The van der Waals surface area contributed by atoms with E-state index in [4.69, 9.17) is 4.74 Å². The standard InChI is InChI=1S/C23H19F3N4O3/c1-2-33-16-9-7-15(8-10-16)19-13-20-22(32)29(11-12-30(20)28-19)14-21(31)27-18-6-4-3-5-17(18)23(24,25)26/h3-13H,2,14H2,1H3,(H,27,31). The SMILES string of the molecule is CCOc1ccc(-c2cc3c(=O)n(CC(=O)Nc4ccccc4C(F)(F)F)ccn3n2)cc1. The number of halogens is 3. The number of amides is 1. The number of para-hydroxylation sites is 1. The number of benzene rings is 2. The van der Waals surface area contributed by atoms with Gasteiger partial charge in [0.2, 0.25) is 5.91 Å². The summed E-state index contributed by atoms with van der Waals surface area (Å²) in [6, 6.07) is 13.5. The van der Waals surface area contributed by atoms with Gasteiger partial charge in [-0.3, -0.25) is 9.59 Å². The van der Waals surface area contributed by atoms with E-state index in [-0.39, 0.29) is 11.2 Å². The van der Waals surface area contributed by atoms with Crippen LogP contribution in [0, 0.1) is 0 Å². The van der Waals surface area contributed by atoms with Gasteiger partial charge < -0.3 is 14.6 Å². The monoisotopic (exact) mass is 456 g/mol. The van der Waals surface area contributed by atoms with Crippen LogP contribution >= 0.6 is 0 Å². The number of hydrogen-bond donors (Lipinski definition) is 1. The Labute approximate surface area is 186 Å². The number of ether oxygens (including phenoxy) is 1. The molecule has 0 aliphatic rings. The van der Waals surface area contributed by atoms with Gasteiger partial charge in [0.25, 0.3) is 5.56 Å². The zero-order valence-corrected chi connectivity index (χ0v) is 17.5. The van der Waals surface area contributed by atoms with Crippen LogP contribution in [-0.4, -0.2) is 26.7 Å². The van der Waals surface area contributed by atoms with Gasteiger partial charge in [-0.1, -0.05) is 12.1 Å². The molecule has 2 aromatic carbocycles. The quantitative estimate of drug-likeness (QED) is 0.471. The average Bonchev–Trinajstić information content (AvgIpc) is 3.21. The Morgan fingerprint density at radius 1 is 1.09 bits per heavy atom. The van der Waals surface area contributed by atoms with Crippen molar-refractivity contribution in [3.05, 3.63) is 82.9 Å². The Balaban J connectivity index is 1.57. The highest BCUT2D eigenvalue weighted by molar-refractivity contribution is 5.91. The zero-order chi connectivity index (χ0) is 23.6. The predicted octanol–water partition coefficient (Wildman–Crippen LogP) is 4.22. The Kier molecular flexibility index (Phi) is 5.91. The number of alkyl halides is 3. The summed E-state index contributed by atoms with van der Waals surface area (Å²) in [4.78, 5) is 25.2. The lowest BCUT2D eigenvalue weighted by Crippen LogP contribution is -2.28. The van der Waals surface area contributed by atoms with Crippen molar-refractivity contribution in [2.45, 2.75) is 19.6 Å². The second-order valence-corrected chi connectivity index (χ2v) is 7.14. The van der Waals surface area contributed by atoms with E-state index in [9.17, 15) is 22.8 Å². The number of fused-ring (bicyclic) bond motifs is 1. The van der Waals surface area contributed by atoms with Crippen LogP contribution in [-0.2, 0) is 17.5 Å². The van der Waals surface area contributed by atoms with Crippen molar-refractivity contribution in [1.82, 2.24) is 14.2 Å². The maximum Gasteiger partial charge on any atom is 0.418 e. The van der Waals surface area contributed by atoms with Crippen molar-refractivity contribution in [1.29, 1.82) is 0 Å². The third-order valence-corrected chi connectivity index (χ3v) is 4.89. The molecule has 0 saturated carbocycles. The molecule has 170 valence electrons. The minimum Gasteiger partial charge on any atom is -0.494 e. The normalized spacial score (nSPS) is 11.5. The lowest BCUT2D eigenvalue weighted by atomic mass is 10.1. The molecular formula is C23H19F3N4O3. The summed E-state index contributed by atoms with van der Waals surface area (Å²) in [5, 5.41) is 6.62. The topological polar surface area (TPSA) is 77.6 Å². The number of anilines is 1. The van der Waals surface area contributed by atoms with E-state index in [2.05, 4.69) is 10.4 Å². The number of carbonyl (C=O) groups excluding carboxylic acids is 1. The van der Waals surface area contributed by atoms with Crippen LogP contribution in [0.25, 0.3) is 16.8 Å². The highest BCUT2D eigenvalue weighted by atomic mass is 19.4. The molecule has 0 aliphatic heterocycles. The highest BCUT2D eigenvalue weighted by Crippen LogP contribution is 2.34. The molecular weight excluding hydrogens is 437 g/mol. The molecule has 7 nitrogen and oxygen atoms in total. The van der Waals surface area contributed by atoms with Gasteiger partial charge in [-0.25, -0.2) is 4.52 Å². The second-order valence-electron chi connectivity index (χ2n) is 7.14. The fraction of sp³-hybridized carbons (Fsp3) is 0.174. The van der Waals surface area contributed by atoms with Crippen LogP contribution < -0.4 is 15.6 Å². The van der Waals surface area contributed by atoms with E-state index >= 15 is 0 Å². The first-order valence-electron chi connectivity index (χ1n) is 10.0. The number of nitrogens with one attached hydrogen (secondary N) is 1. The van der Waals surface area contributed by atoms with Crippen LogP contribution in [0.4, 0.5) is 18.9 Å². The summed E-state index contributed by atoms with van der Waals surface area (Å²) in [5.41, 5.74) is -0.277. The zero-order valence-electron chi connectivity index (χ0n) is 17.5. The van der Waals surface area contributed by atoms with Gasteiger partial charge in [0.15, 0.2) is 0 Å². The largest absolute Gasteiger partial charge is 0.494 e. The molecule has 0 spiro atoms. The molecule has 0 unspecified atom stereocenters. The second kappa shape index (κ2) is 8.81. The van der Waals surface area contributed by atoms with E-state index in [1.807, 2.05) is 19.1 Å². The first kappa shape index (κ1) is 22.1. The number of carbonyl (C=O) groups is 1. The van der Waals surface area contributed by atoms with Crippen molar-refractivity contribution in [2.75, 3.05) is 11.9 Å². The van der Waals surface area contributed by atoms with Crippen LogP contribution in [0.3, 0.4) is 0 Å². The fourth-order valence-electron chi connectivity index (χ4n) is 3.36. The molecule has 0 radical (unpaired) electrons. The molecule has 4 aromatic rings. The first-order chi connectivity index (χ1) is 15.8. The van der Waals surface area contributed by atoms with Gasteiger partial charge in [-0.15, -0.1) is 0 Å². The Morgan fingerprint density at radius 2 is 1.82 bits per heavy atom. The number of nitrogens with zero attached hydrogens (tertiary/aromatic N) is 3. The van der Waals surface area contributed by atoms with Crippen molar-refractivity contribution in [3.63, 3.8) is 0 Å². The molecule has 0 aliphatic carbocycles. The predicted molar refractivity (Wildman–Crippen MR) is 116 cm³/mol. The number of aromatic nitrogens is 3. The molecule has 0 bridgehead atoms. The van der Waals surface area contributed by atoms with Gasteiger partial charge in [0.1, 0.15) is 17.8 Å². The van der Waals surface area contributed by atoms with Gasteiger partial charge in [-0.2, -0.15) is 18.3 Å². The first-order valence-corrected chi connectivity index (χ1v) is 10.0. The van der Waals surface area contributed by atoms with Crippen LogP contribution in [0.1, 0.15) is 12.5 Å². The van der Waals surface area contributed by atoms with Crippen molar-refractivity contribution >= 4 is 17.1 Å². The van der Waals surface area contributed by atoms with Crippen LogP contribution in [0.5, 0.6) is 5.75 Å². The van der Waals surface area contributed by atoms with Gasteiger partial charge in [0.05, 0.1) is 23.6 Å². The minimum absolute atomic E-state index is 0.227. The summed E-state index contributed by atoms with van der Waals surface area (Å²) in [6.45, 7) is 1.98. The summed E-state index contributed by atoms with van der Waals surface area (Å²) in [5.74, 6) is -0.0464. The summed E-state index contributed by atoms with van der Waals surface area (Å²) < 4.78 is 47.4. The van der Waals surface area contributed by atoms with E-state index in [1.165, 1.54) is 29.0 Å². The van der Waals surface area contributed by atoms with Crippen molar-refractivity contribution in [3.8, 4) is 17.0 Å². The molecule has 0 saturated heterocycles. The molecule has 2 heterocycles. The molecule has 2 aromatic heterocycles. The van der Waals surface area contributed by atoms with Gasteiger partial charge in [0, 0.05) is 18.0 Å². The summed E-state index contributed by atoms with van der Waals surface area (Å²) in [6.07, 6.45) is -1.75. The lowest BCUT2D eigenvalue weighted by molar-refractivity contribution is -0.137. The molecule has 33 heavy (non-hydrogen) atoms. The average molecular weight is 456 g/mol. The van der Waals surface area contributed by atoms with E-state index < -0.39 is 29.8 Å². The lowest BCUT2D eigenvalue weighted by Gasteiger charge is -2.14. The maximum atomic E-state index is 13.1. The fourth-order valence-corrected chi connectivity index (χ4v) is 3.36. The van der Waals surface area contributed by atoms with Crippen LogP contribution in [0.2, 0.25) is 0 Å². The number of rotatable bonds is 6. The summed E-state index contributed by atoms with van der Waals surface area (Å²) >= 11 is 0. The molecule has 4 rings (SSSR count). The number of hydrogen-bond acceptors (Lipinski definition) is 4. The minimum atomic E-state index is -4.62. The third kappa shape index (κ3) is 4.74. The maximum absolute atomic E-state index is 13.1.